The summed E-state index contributed by atoms with van der Waals surface area (Å²) in [6.07, 6.45) is -0.725. The Labute approximate surface area is 128 Å². The average Bonchev–Trinajstić information content (AvgIpc) is 1.68. The van der Waals surface area contributed by atoms with Gasteiger partial charge < -0.3 is 37.3 Å². The molecule has 0 saturated carbocycles. The summed E-state index contributed by atoms with van der Waals surface area (Å²) < 4.78 is 4.45. The molecule has 2 N–H and O–H groups in total. The molecule has 0 fully saturated rings. The quantitative estimate of drug-likeness (QED) is 0.376. The maximum absolute atomic E-state index is 8.48. The zero-order valence-electron chi connectivity index (χ0n) is 5.05. The van der Waals surface area contributed by atoms with E-state index in [-0.39, 0.29) is 88.6 Å². The summed E-state index contributed by atoms with van der Waals surface area (Å²) in [7, 11) is 0. The molecule has 0 aromatic carbocycles. The van der Waals surface area contributed by atoms with Crippen LogP contribution in [0.3, 0.4) is 0 Å². The number of halogens is 2. The van der Waals surface area contributed by atoms with Crippen LogP contribution in [-0.2, 0) is 3.07 Å². The first-order chi connectivity index (χ1) is 3.31. The van der Waals surface area contributed by atoms with Gasteiger partial charge in [0.25, 0.3) is 0 Å². The molecule has 0 spiro atoms. The molecular formula is C3H7I2KO3. The first-order valence-corrected chi connectivity index (χ1v) is 2.71. The molecule has 9 heavy (non-hydrogen) atoms. The van der Waals surface area contributed by atoms with Gasteiger partial charge in [-0.2, -0.15) is 0 Å². The van der Waals surface area contributed by atoms with Gasteiger partial charge in [-0.15, -0.1) is 0 Å². The first kappa shape index (κ1) is 17.9. The van der Waals surface area contributed by atoms with Crippen molar-refractivity contribution in [3.63, 3.8) is 0 Å². The fourth-order valence-corrected chi connectivity index (χ4v) is 0.540. The van der Waals surface area contributed by atoms with Crippen molar-refractivity contribution >= 4 is 23.0 Å². The fourth-order valence-electron chi connectivity index (χ4n) is 0.125. The molecule has 0 amide bonds. The summed E-state index contributed by atoms with van der Waals surface area (Å²) in [4.78, 5) is 0. The molecule has 0 aliphatic carbocycles. The number of hydrogen-bond acceptors (Lipinski definition) is 3. The molecule has 0 bridgehead atoms. The van der Waals surface area contributed by atoms with Gasteiger partial charge in [0.2, 0.25) is 0 Å². The molecule has 0 heterocycles. The number of aliphatic hydroxyl groups is 2. The van der Waals surface area contributed by atoms with Crippen LogP contribution in [0.1, 0.15) is 0 Å². The third-order valence-corrected chi connectivity index (χ3v) is 0.826. The van der Waals surface area contributed by atoms with E-state index in [0.717, 1.165) is 0 Å². The van der Waals surface area contributed by atoms with Crippen molar-refractivity contribution in [2.75, 3.05) is 13.2 Å². The molecule has 0 rings (SSSR count). The Bertz CT molecular complexity index is 48.0. The molecule has 0 saturated heterocycles. The van der Waals surface area contributed by atoms with E-state index >= 15 is 0 Å². The molecule has 1 unspecified atom stereocenters. The van der Waals surface area contributed by atoms with Gasteiger partial charge >= 0.3 is 51.4 Å². The minimum atomic E-state index is -0.725. The SMILES string of the molecule is OCC(O)COI.[I-].[K+]. The van der Waals surface area contributed by atoms with Crippen LogP contribution < -0.4 is 75.4 Å². The van der Waals surface area contributed by atoms with Gasteiger partial charge in [0, 0.05) is 0 Å². The van der Waals surface area contributed by atoms with Gasteiger partial charge in [-0.25, -0.2) is 0 Å². The number of rotatable bonds is 3. The van der Waals surface area contributed by atoms with Crippen molar-refractivity contribution < 1.29 is 88.6 Å². The maximum atomic E-state index is 8.48. The van der Waals surface area contributed by atoms with Gasteiger partial charge in [-0.05, 0) is 0 Å². The molecule has 6 heteroatoms. The van der Waals surface area contributed by atoms with Crippen molar-refractivity contribution in [1.82, 2.24) is 0 Å². The van der Waals surface area contributed by atoms with Crippen LogP contribution in [0.2, 0.25) is 0 Å². The van der Waals surface area contributed by atoms with Crippen molar-refractivity contribution in [3.05, 3.63) is 0 Å². The number of aliphatic hydroxyl groups excluding tert-OH is 2. The van der Waals surface area contributed by atoms with E-state index in [4.69, 9.17) is 10.2 Å². The largest absolute Gasteiger partial charge is 1.00 e. The normalized spacial score (nSPS) is 11.0. The predicted molar refractivity (Wildman–Crippen MR) is 33.1 cm³/mol. The standard InChI is InChI=1S/C3H7IO3.HI.K/c4-7-2-3(6)1-5;;/h3,5-6H,1-2H2;1H;/q;;+1/p-1. The molecule has 3 nitrogen and oxygen atoms in total. The van der Waals surface area contributed by atoms with Crippen LogP contribution in [0.5, 0.6) is 0 Å². The van der Waals surface area contributed by atoms with E-state index < -0.39 is 6.10 Å². The van der Waals surface area contributed by atoms with Crippen LogP contribution in [-0.4, -0.2) is 29.5 Å². The fraction of sp³-hybridized carbons (Fsp3) is 1.00. The Morgan fingerprint density at radius 3 is 2.11 bits per heavy atom. The van der Waals surface area contributed by atoms with Gasteiger partial charge in [0.05, 0.1) is 13.2 Å². The maximum Gasteiger partial charge on any atom is 1.00 e. The second kappa shape index (κ2) is 13.6. The minimum Gasteiger partial charge on any atom is -1.00 e. The van der Waals surface area contributed by atoms with Crippen molar-refractivity contribution in [1.29, 1.82) is 0 Å². The molecule has 0 aliphatic rings. The summed E-state index contributed by atoms with van der Waals surface area (Å²) in [6, 6.07) is 0. The Morgan fingerprint density at radius 1 is 1.56 bits per heavy atom. The third-order valence-electron chi connectivity index (χ3n) is 0.466. The Balaban J connectivity index is -0.000000180. The van der Waals surface area contributed by atoms with Gasteiger partial charge in [0.1, 0.15) is 29.1 Å². The second-order valence-electron chi connectivity index (χ2n) is 1.11. The van der Waals surface area contributed by atoms with Crippen molar-refractivity contribution in [2.45, 2.75) is 6.10 Å². The Kier molecular flexibility index (Phi) is 27.0. The van der Waals surface area contributed by atoms with Gasteiger partial charge in [-0.3, -0.25) is 0 Å². The van der Waals surface area contributed by atoms with Gasteiger partial charge in [0.15, 0.2) is 0 Å². The molecule has 52 valence electrons. The smallest absolute Gasteiger partial charge is 1.00 e. The zero-order chi connectivity index (χ0) is 5.70. The second-order valence-corrected chi connectivity index (χ2v) is 1.73. The van der Waals surface area contributed by atoms with E-state index in [0.29, 0.717) is 0 Å². The van der Waals surface area contributed by atoms with E-state index in [2.05, 4.69) is 3.07 Å². The summed E-state index contributed by atoms with van der Waals surface area (Å²) in [5.74, 6) is 0. The van der Waals surface area contributed by atoms with Crippen molar-refractivity contribution in [2.24, 2.45) is 0 Å². The van der Waals surface area contributed by atoms with E-state index in [1.165, 1.54) is 0 Å². The van der Waals surface area contributed by atoms with Crippen LogP contribution in [0.15, 0.2) is 0 Å². The molecule has 1 atom stereocenters. The Hall–Kier alpha value is 2.98. The van der Waals surface area contributed by atoms with Crippen LogP contribution >= 0.6 is 23.0 Å². The molecule has 0 radical (unpaired) electrons. The third kappa shape index (κ3) is 13.9. The zero-order valence-corrected chi connectivity index (χ0v) is 12.5. The first-order valence-electron chi connectivity index (χ1n) is 1.83. The number of hydrogen-bond donors (Lipinski definition) is 2. The molecular weight excluding hydrogens is 377 g/mol. The Morgan fingerprint density at radius 2 is 2.00 bits per heavy atom. The summed E-state index contributed by atoms with van der Waals surface area (Å²) >= 11 is 1.65. The molecule has 0 aliphatic heterocycles. The van der Waals surface area contributed by atoms with Gasteiger partial charge in [-0.1, -0.05) is 0 Å². The summed E-state index contributed by atoms with van der Waals surface area (Å²) in [6.45, 7) is -0.0416. The topological polar surface area (TPSA) is 49.7 Å². The molecule has 0 aromatic rings. The van der Waals surface area contributed by atoms with E-state index in [9.17, 15) is 0 Å². The van der Waals surface area contributed by atoms with Crippen LogP contribution in [0.25, 0.3) is 0 Å². The van der Waals surface area contributed by atoms with E-state index in [1.807, 2.05) is 0 Å². The minimum absolute atomic E-state index is 0. The van der Waals surface area contributed by atoms with Crippen molar-refractivity contribution in [3.8, 4) is 0 Å². The average molecular weight is 384 g/mol. The summed E-state index contributed by atoms with van der Waals surface area (Å²) in [5, 5.41) is 16.6. The molecule has 0 aromatic heterocycles. The van der Waals surface area contributed by atoms with Crippen LogP contribution in [0, 0.1) is 0 Å². The summed E-state index contributed by atoms with van der Waals surface area (Å²) in [5.41, 5.74) is 0. The monoisotopic (exact) mass is 384 g/mol. The van der Waals surface area contributed by atoms with E-state index in [1.54, 1.807) is 23.0 Å². The predicted octanol–water partition coefficient (Wildman–Crippen LogP) is -6.29. The van der Waals surface area contributed by atoms with Crippen LogP contribution in [0.4, 0.5) is 0 Å².